The molecule has 4 heteroatoms. The molecular formula is C56H44N4. The van der Waals surface area contributed by atoms with Crippen LogP contribution in [0.25, 0.3) is 72.5 Å². The third-order valence-corrected chi connectivity index (χ3v) is 11.6. The summed E-state index contributed by atoms with van der Waals surface area (Å²) in [4.78, 5) is 12.5. The summed E-state index contributed by atoms with van der Waals surface area (Å²) in [5.41, 5.74) is 19.1. The lowest BCUT2D eigenvalue weighted by atomic mass is 9.94. The highest BCUT2D eigenvalue weighted by Gasteiger charge is 2.19. The van der Waals surface area contributed by atoms with Gasteiger partial charge in [0.25, 0.3) is 0 Å². The van der Waals surface area contributed by atoms with Crippen LogP contribution in [0.2, 0.25) is 0 Å². The predicted molar refractivity (Wildman–Crippen MR) is 252 cm³/mol. The van der Waals surface area contributed by atoms with Crippen molar-refractivity contribution >= 4 is 38.9 Å². The summed E-state index contributed by atoms with van der Waals surface area (Å²) < 4.78 is 2.42. The molecule has 0 saturated carbocycles. The molecule has 0 fully saturated rings. The average molecular weight is 773 g/mol. The molecule has 0 aliphatic rings. The van der Waals surface area contributed by atoms with Crippen LogP contribution in [0.5, 0.6) is 0 Å². The van der Waals surface area contributed by atoms with Gasteiger partial charge in [-0.3, -0.25) is 0 Å². The zero-order valence-corrected chi connectivity index (χ0v) is 34.3. The molecule has 0 aliphatic carbocycles. The largest absolute Gasteiger partial charge is 0.310 e. The van der Waals surface area contributed by atoms with Gasteiger partial charge in [-0.1, -0.05) is 139 Å². The number of fused-ring (bicyclic) bond motifs is 3. The maximum absolute atomic E-state index is 5.10. The van der Waals surface area contributed by atoms with E-state index in [1.807, 2.05) is 0 Å². The Balaban J connectivity index is 1.03. The summed E-state index contributed by atoms with van der Waals surface area (Å²) >= 11 is 0. The molecule has 288 valence electrons. The second kappa shape index (κ2) is 15.3. The van der Waals surface area contributed by atoms with Gasteiger partial charge in [-0.05, 0) is 117 Å². The zero-order chi connectivity index (χ0) is 40.7. The maximum Gasteiger partial charge on any atom is 0.160 e. The molecule has 0 atom stereocenters. The van der Waals surface area contributed by atoms with Crippen LogP contribution < -0.4 is 4.90 Å². The standard InChI is InChI=1S/C56H44N4/c1-37-19-23-41(24-20-37)51-36-52(58-56(57-51)44-25-21-38(2)22-26-44)42-27-29-43(30-28-42)55-39(3)33-48(34-40(55)4)60-53-18-12-11-17-49(53)50-35-47(31-32-54(50)60)59(45-13-7-5-8-14-45)46-15-9-6-10-16-46/h5-36H,1-4H3. The Labute approximate surface area is 351 Å². The lowest BCUT2D eigenvalue weighted by Crippen LogP contribution is -2.09. The molecule has 0 spiro atoms. The molecule has 2 heterocycles. The second-order valence-corrected chi connectivity index (χ2v) is 15.8. The third kappa shape index (κ3) is 6.82. The molecule has 2 aromatic heterocycles. The minimum Gasteiger partial charge on any atom is -0.310 e. The Morgan fingerprint density at radius 2 is 0.867 bits per heavy atom. The second-order valence-electron chi connectivity index (χ2n) is 15.8. The van der Waals surface area contributed by atoms with E-state index in [0.717, 1.165) is 56.7 Å². The number of aryl methyl sites for hydroxylation is 4. The molecule has 0 radical (unpaired) electrons. The van der Waals surface area contributed by atoms with E-state index < -0.39 is 0 Å². The Hall–Kier alpha value is -7.56. The molecule has 0 saturated heterocycles. The highest BCUT2D eigenvalue weighted by Crippen LogP contribution is 2.41. The average Bonchev–Trinajstić information content (AvgIpc) is 3.61. The monoisotopic (exact) mass is 772 g/mol. The smallest absolute Gasteiger partial charge is 0.160 e. The van der Waals surface area contributed by atoms with Crippen molar-refractivity contribution in [2.75, 3.05) is 4.90 Å². The van der Waals surface area contributed by atoms with Crippen molar-refractivity contribution < 1.29 is 0 Å². The maximum atomic E-state index is 5.10. The summed E-state index contributed by atoms with van der Waals surface area (Å²) in [5.74, 6) is 0.723. The topological polar surface area (TPSA) is 34.0 Å². The highest BCUT2D eigenvalue weighted by molar-refractivity contribution is 6.10. The number of para-hydroxylation sites is 3. The Bertz CT molecular complexity index is 3020. The van der Waals surface area contributed by atoms with Crippen molar-refractivity contribution in [2.45, 2.75) is 27.7 Å². The van der Waals surface area contributed by atoms with E-state index in [-0.39, 0.29) is 0 Å². The van der Waals surface area contributed by atoms with Crippen LogP contribution in [-0.2, 0) is 0 Å². The van der Waals surface area contributed by atoms with Gasteiger partial charge in [0.15, 0.2) is 5.82 Å². The third-order valence-electron chi connectivity index (χ3n) is 11.6. The fourth-order valence-corrected chi connectivity index (χ4v) is 8.61. The summed E-state index contributed by atoms with van der Waals surface area (Å²) in [5, 5.41) is 2.45. The van der Waals surface area contributed by atoms with Gasteiger partial charge in [0.05, 0.1) is 22.4 Å². The Morgan fingerprint density at radius 1 is 0.383 bits per heavy atom. The van der Waals surface area contributed by atoms with Crippen LogP contribution in [0.1, 0.15) is 22.3 Å². The van der Waals surface area contributed by atoms with Crippen LogP contribution in [0.4, 0.5) is 17.1 Å². The number of aromatic nitrogens is 3. The first-order valence-electron chi connectivity index (χ1n) is 20.6. The van der Waals surface area contributed by atoms with Crippen LogP contribution in [0.15, 0.2) is 194 Å². The predicted octanol–water partition coefficient (Wildman–Crippen LogP) is 14.9. The van der Waals surface area contributed by atoms with Gasteiger partial charge in [-0.15, -0.1) is 0 Å². The number of nitrogens with zero attached hydrogens (tertiary/aromatic N) is 4. The Morgan fingerprint density at radius 3 is 1.45 bits per heavy atom. The van der Waals surface area contributed by atoms with Gasteiger partial charge in [-0.25, -0.2) is 9.97 Å². The fraction of sp³-hybridized carbons (Fsp3) is 0.0714. The molecule has 0 amide bonds. The van der Waals surface area contributed by atoms with Gasteiger partial charge in [0.1, 0.15) is 0 Å². The molecule has 0 unspecified atom stereocenters. The lowest BCUT2D eigenvalue weighted by molar-refractivity contribution is 1.16. The van der Waals surface area contributed by atoms with Gasteiger partial charge in [0, 0.05) is 50.2 Å². The summed E-state index contributed by atoms with van der Waals surface area (Å²) in [6, 6.07) is 69.5. The first kappa shape index (κ1) is 36.8. The lowest BCUT2D eigenvalue weighted by Gasteiger charge is -2.25. The number of benzene rings is 8. The molecule has 8 aromatic carbocycles. The minimum absolute atomic E-state index is 0.723. The summed E-state index contributed by atoms with van der Waals surface area (Å²) in [7, 11) is 0. The summed E-state index contributed by atoms with van der Waals surface area (Å²) in [6.45, 7) is 8.67. The molecule has 10 rings (SSSR count). The van der Waals surface area contributed by atoms with Crippen LogP contribution in [0, 0.1) is 27.7 Å². The van der Waals surface area contributed by atoms with Crippen LogP contribution >= 0.6 is 0 Å². The zero-order valence-electron chi connectivity index (χ0n) is 34.3. The van der Waals surface area contributed by atoms with E-state index in [1.165, 1.54) is 55.2 Å². The molecule has 60 heavy (non-hydrogen) atoms. The van der Waals surface area contributed by atoms with Crippen molar-refractivity contribution in [3.05, 3.63) is 216 Å². The first-order valence-corrected chi connectivity index (χ1v) is 20.6. The highest BCUT2D eigenvalue weighted by atomic mass is 15.1. The molecule has 0 aliphatic heterocycles. The van der Waals surface area contributed by atoms with Crippen molar-refractivity contribution in [2.24, 2.45) is 0 Å². The van der Waals surface area contributed by atoms with E-state index in [0.29, 0.717) is 0 Å². The quantitative estimate of drug-likeness (QED) is 0.154. The number of anilines is 3. The normalized spacial score (nSPS) is 11.3. The first-order chi connectivity index (χ1) is 29.4. The van der Waals surface area contributed by atoms with Crippen LogP contribution in [0.3, 0.4) is 0 Å². The number of hydrogen-bond donors (Lipinski definition) is 0. The molecule has 10 aromatic rings. The van der Waals surface area contributed by atoms with Gasteiger partial charge >= 0.3 is 0 Å². The van der Waals surface area contributed by atoms with Crippen molar-refractivity contribution in [1.82, 2.24) is 14.5 Å². The van der Waals surface area contributed by atoms with Gasteiger partial charge in [-0.2, -0.15) is 0 Å². The van der Waals surface area contributed by atoms with E-state index >= 15 is 0 Å². The number of hydrogen-bond acceptors (Lipinski definition) is 3. The van der Waals surface area contributed by atoms with E-state index in [4.69, 9.17) is 9.97 Å². The summed E-state index contributed by atoms with van der Waals surface area (Å²) in [6.07, 6.45) is 0. The fourth-order valence-electron chi connectivity index (χ4n) is 8.61. The van der Waals surface area contributed by atoms with Gasteiger partial charge < -0.3 is 9.47 Å². The van der Waals surface area contributed by atoms with Crippen molar-refractivity contribution in [3.63, 3.8) is 0 Å². The number of rotatable bonds is 8. The molecular weight excluding hydrogens is 729 g/mol. The molecule has 4 nitrogen and oxygen atoms in total. The van der Waals surface area contributed by atoms with Crippen LogP contribution in [-0.4, -0.2) is 14.5 Å². The van der Waals surface area contributed by atoms with E-state index in [1.54, 1.807) is 0 Å². The molecule has 0 N–H and O–H groups in total. The van der Waals surface area contributed by atoms with Gasteiger partial charge in [0.2, 0.25) is 0 Å². The van der Waals surface area contributed by atoms with Crippen molar-refractivity contribution in [3.8, 4) is 50.7 Å². The van der Waals surface area contributed by atoms with E-state index in [9.17, 15) is 0 Å². The van der Waals surface area contributed by atoms with E-state index in [2.05, 4.69) is 231 Å². The van der Waals surface area contributed by atoms with Crippen molar-refractivity contribution in [1.29, 1.82) is 0 Å². The minimum atomic E-state index is 0.723. The Kier molecular flexibility index (Phi) is 9.38. The molecule has 0 bridgehead atoms. The SMILES string of the molecule is Cc1ccc(-c2cc(-c3ccc(-c4c(C)cc(-n5c6ccccc6c6cc(N(c7ccccc7)c7ccccc7)ccc65)cc4C)cc3)nc(-c3ccc(C)cc3)n2)cc1.